The minimum Gasteiger partial charge on any atom is -0.481 e. The molecule has 2 N–H and O–H groups in total. The Morgan fingerprint density at radius 2 is 1.85 bits per heavy atom. The van der Waals surface area contributed by atoms with Gasteiger partial charge in [0.1, 0.15) is 0 Å². The quantitative estimate of drug-likeness (QED) is 0.721. The summed E-state index contributed by atoms with van der Waals surface area (Å²) in [4.78, 5) is 48.1. The van der Waals surface area contributed by atoms with Crippen molar-refractivity contribution in [3.63, 3.8) is 0 Å². The highest BCUT2D eigenvalue weighted by Crippen LogP contribution is 2.32. The normalized spacial score (nSPS) is 15.4. The van der Waals surface area contributed by atoms with E-state index in [1.165, 1.54) is 6.07 Å². The Bertz CT molecular complexity index is 879. The first-order valence-electron chi connectivity index (χ1n) is 9.12. The molecule has 0 fully saturated rings. The summed E-state index contributed by atoms with van der Waals surface area (Å²) in [5.41, 5.74) is 1.98. The summed E-state index contributed by atoms with van der Waals surface area (Å²) in [5, 5.41) is 11.4. The van der Waals surface area contributed by atoms with Gasteiger partial charge in [0.2, 0.25) is 0 Å². The van der Waals surface area contributed by atoms with Gasteiger partial charge in [-0.2, -0.15) is 0 Å². The molecule has 140 valence electrons. The minimum atomic E-state index is -0.820. The van der Waals surface area contributed by atoms with Crippen LogP contribution >= 0.6 is 0 Å². The van der Waals surface area contributed by atoms with Crippen LogP contribution in [0.3, 0.4) is 0 Å². The van der Waals surface area contributed by atoms with Crippen molar-refractivity contribution in [2.24, 2.45) is 0 Å². The van der Waals surface area contributed by atoms with Gasteiger partial charge in [0.25, 0.3) is 5.91 Å². The number of carboxylic acids is 1. The summed E-state index contributed by atoms with van der Waals surface area (Å²) in [6.07, 6.45) is 6.99. The lowest BCUT2D eigenvalue weighted by molar-refractivity contribution is -0.137. The molecule has 1 aromatic rings. The van der Waals surface area contributed by atoms with Crippen LogP contribution in [0.1, 0.15) is 69.6 Å². The summed E-state index contributed by atoms with van der Waals surface area (Å²) in [5.74, 6) is -1.47. The molecule has 0 unspecified atom stereocenters. The number of hydrogen-bond donors (Lipinski definition) is 2. The third-order valence-corrected chi connectivity index (χ3v) is 4.81. The number of rotatable bonds is 7. The van der Waals surface area contributed by atoms with Crippen molar-refractivity contribution in [3.05, 3.63) is 58.2 Å². The molecule has 0 aliphatic heterocycles. The fourth-order valence-corrected chi connectivity index (χ4v) is 3.37. The van der Waals surface area contributed by atoms with Crippen LogP contribution in [-0.4, -0.2) is 35.1 Å². The molecule has 0 radical (unpaired) electrons. The van der Waals surface area contributed by atoms with Crippen molar-refractivity contribution in [2.75, 3.05) is 6.54 Å². The van der Waals surface area contributed by atoms with E-state index in [-0.39, 0.29) is 23.9 Å². The zero-order valence-corrected chi connectivity index (χ0v) is 14.9. The molecule has 0 saturated heterocycles. The number of Topliss-reactive ketones (excluding diaryl/α,β-unsaturated/α-hetero) is 2. The van der Waals surface area contributed by atoms with Crippen LogP contribution in [-0.2, 0) is 4.79 Å². The lowest BCUT2D eigenvalue weighted by atomic mass is 9.79. The number of allylic oxidation sites excluding steroid dienone is 4. The fourth-order valence-electron chi connectivity index (χ4n) is 3.37. The van der Waals surface area contributed by atoms with E-state index in [2.05, 4.69) is 5.32 Å². The third-order valence-electron chi connectivity index (χ3n) is 4.81. The molecular formula is C21H21NO5. The molecule has 6 heteroatoms. The molecule has 0 bridgehead atoms. The average molecular weight is 367 g/mol. The van der Waals surface area contributed by atoms with E-state index < -0.39 is 5.97 Å². The van der Waals surface area contributed by atoms with E-state index in [1.807, 2.05) is 6.08 Å². The second-order valence-electron chi connectivity index (χ2n) is 6.71. The SMILES string of the molecule is O=C(O)CCCCCNC(=O)c1ccc2c(c1)C(=O)C1=C(C=CCC1)C2=O. The Balaban J connectivity index is 1.65. The Morgan fingerprint density at radius 3 is 2.63 bits per heavy atom. The van der Waals surface area contributed by atoms with Gasteiger partial charge in [0, 0.05) is 40.8 Å². The number of hydrogen-bond acceptors (Lipinski definition) is 4. The molecule has 0 atom stereocenters. The highest BCUT2D eigenvalue weighted by molar-refractivity contribution is 6.28. The molecule has 0 aromatic heterocycles. The molecule has 0 saturated carbocycles. The summed E-state index contributed by atoms with van der Waals surface area (Å²) >= 11 is 0. The number of amides is 1. The van der Waals surface area contributed by atoms with Gasteiger partial charge >= 0.3 is 5.97 Å². The first kappa shape index (κ1) is 18.8. The molecule has 2 aliphatic rings. The Hall–Kier alpha value is -3.02. The summed E-state index contributed by atoms with van der Waals surface area (Å²) < 4.78 is 0. The second kappa shape index (κ2) is 8.12. The van der Waals surface area contributed by atoms with Crippen molar-refractivity contribution in [3.8, 4) is 0 Å². The average Bonchev–Trinajstić information content (AvgIpc) is 2.68. The van der Waals surface area contributed by atoms with Gasteiger partial charge in [-0.25, -0.2) is 0 Å². The number of carbonyl (C=O) groups excluding carboxylic acids is 3. The lowest BCUT2D eigenvalue weighted by Gasteiger charge is -2.21. The van der Waals surface area contributed by atoms with Crippen LogP contribution in [0.15, 0.2) is 41.5 Å². The molecule has 0 spiro atoms. The van der Waals surface area contributed by atoms with Crippen LogP contribution in [0.5, 0.6) is 0 Å². The number of aliphatic carboxylic acids is 1. The predicted octanol–water partition coefficient (Wildman–Crippen LogP) is 3.09. The van der Waals surface area contributed by atoms with Crippen LogP contribution in [0.4, 0.5) is 0 Å². The Kier molecular flexibility index (Phi) is 5.64. The number of carboxylic acid groups (broad SMARTS) is 1. The number of benzene rings is 1. The molecule has 2 aliphatic carbocycles. The number of carbonyl (C=O) groups is 4. The summed E-state index contributed by atoms with van der Waals surface area (Å²) in [6.45, 7) is 0.433. The number of nitrogens with one attached hydrogen (secondary N) is 1. The van der Waals surface area contributed by atoms with Crippen LogP contribution in [0, 0.1) is 0 Å². The number of fused-ring (bicyclic) bond motifs is 1. The van der Waals surface area contributed by atoms with Gasteiger partial charge in [-0.3, -0.25) is 19.2 Å². The zero-order valence-electron chi connectivity index (χ0n) is 14.9. The van der Waals surface area contributed by atoms with Gasteiger partial charge in [0.15, 0.2) is 11.6 Å². The molecule has 27 heavy (non-hydrogen) atoms. The van der Waals surface area contributed by atoms with E-state index in [0.29, 0.717) is 60.1 Å². The van der Waals surface area contributed by atoms with Crippen LogP contribution in [0.2, 0.25) is 0 Å². The summed E-state index contributed by atoms with van der Waals surface area (Å²) in [6, 6.07) is 4.60. The maximum Gasteiger partial charge on any atom is 0.303 e. The van der Waals surface area contributed by atoms with E-state index >= 15 is 0 Å². The van der Waals surface area contributed by atoms with Gasteiger partial charge in [0.05, 0.1) is 0 Å². The van der Waals surface area contributed by atoms with Crippen molar-refractivity contribution in [2.45, 2.75) is 38.5 Å². The first-order valence-corrected chi connectivity index (χ1v) is 9.12. The van der Waals surface area contributed by atoms with Crippen molar-refractivity contribution >= 4 is 23.4 Å². The molecule has 3 rings (SSSR count). The topological polar surface area (TPSA) is 101 Å². The third kappa shape index (κ3) is 4.05. The molecule has 1 aromatic carbocycles. The van der Waals surface area contributed by atoms with Crippen LogP contribution in [0.25, 0.3) is 0 Å². The van der Waals surface area contributed by atoms with Gasteiger partial charge in [-0.1, -0.05) is 18.6 Å². The second-order valence-corrected chi connectivity index (χ2v) is 6.71. The highest BCUT2D eigenvalue weighted by atomic mass is 16.4. The molecular weight excluding hydrogens is 346 g/mol. The van der Waals surface area contributed by atoms with Crippen molar-refractivity contribution < 1.29 is 24.3 Å². The number of unbranched alkanes of at least 4 members (excludes halogenated alkanes) is 2. The summed E-state index contributed by atoms with van der Waals surface area (Å²) in [7, 11) is 0. The lowest BCUT2D eigenvalue weighted by Crippen LogP contribution is -2.27. The highest BCUT2D eigenvalue weighted by Gasteiger charge is 2.32. The van der Waals surface area contributed by atoms with Gasteiger partial charge in [-0.05, 0) is 43.9 Å². The Labute approximate surface area is 157 Å². The smallest absolute Gasteiger partial charge is 0.303 e. The van der Waals surface area contributed by atoms with Crippen LogP contribution < -0.4 is 5.32 Å². The maximum absolute atomic E-state index is 12.7. The molecule has 6 nitrogen and oxygen atoms in total. The van der Waals surface area contributed by atoms with Gasteiger partial charge in [-0.15, -0.1) is 0 Å². The van der Waals surface area contributed by atoms with Crippen molar-refractivity contribution in [1.82, 2.24) is 5.32 Å². The molecule has 1 amide bonds. The van der Waals surface area contributed by atoms with Crippen molar-refractivity contribution in [1.29, 1.82) is 0 Å². The minimum absolute atomic E-state index is 0.127. The Morgan fingerprint density at radius 1 is 1.04 bits per heavy atom. The zero-order chi connectivity index (χ0) is 19.4. The molecule has 0 heterocycles. The van der Waals surface area contributed by atoms with E-state index in [4.69, 9.17) is 5.11 Å². The van der Waals surface area contributed by atoms with E-state index in [0.717, 1.165) is 6.42 Å². The fraction of sp³-hybridized carbons (Fsp3) is 0.333. The maximum atomic E-state index is 12.7. The van der Waals surface area contributed by atoms with E-state index in [9.17, 15) is 19.2 Å². The van der Waals surface area contributed by atoms with Gasteiger partial charge < -0.3 is 10.4 Å². The monoisotopic (exact) mass is 367 g/mol. The first-order chi connectivity index (χ1) is 13.0. The largest absolute Gasteiger partial charge is 0.481 e. The standard InChI is InChI=1S/C21H21NO5/c23-18(24)8-2-1-5-11-22-21(27)13-9-10-16-17(12-13)20(26)15-7-4-3-6-14(15)19(16)25/h3,6,9-10,12H,1-2,4-5,7-8,11H2,(H,22,27)(H,23,24). The van der Waals surface area contributed by atoms with E-state index in [1.54, 1.807) is 18.2 Å². The number of ketones is 2. The predicted molar refractivity (Wildman–Crippen MR) is 98.9 cm³/mol.